The Hall–Kier alpha value is -1.39. The zero-order valence-corrected chi connectivity index (χ0v) is 13.5. The van der Waals surface area contributed by atoms with E-state index in [4.69, 9.17) is 4.74 Å². The molecule has 0 aliphatic carbocycles. The van der Waals surface area contributed by atoms with Crippen LogP contribution in [0.3, 0.4) is 0 Å². The lowest BCUT2D eigenvalue weighted by atomic mass is 9.87. The molecule has 116 valence electrons. The van der Waals surface area contributed by atoms with Crippen molar-refractivity contribution in [1.29, 1.82) is 0 Å². The molecule has 1 saturated heterocycles. The van der Waals surface area contributed by atoms with Crippen LogP contribution in [0.25, 0.3) is 0 Å². The van der Waals surface area contributed by atoms with Gasteiger partial charge in [-0.3, -0.25) is 4.90 Å². The summed E-state index contributed by atoms with van der Waals surface area (Å²) >= 11 is 0. The zero-order chi connectivity index (χ0) is 15.5. The Morgan fingerprint density at radius 2 is 1.86 bits per heavy atom. The Morgan fingerprint density at radius 3 is 2.48 bits per heavy atom. The number of rotatable bonds is 3. The van der Waals surface area contributed by atoms with Crippen molar-refractivity contribution in [1.82, 2.24) is 10.2 Å². The maximum absolute atomic E-state index is 12.6. The second kappa shape index (κ2) is 6.58. The Morgan fingerprint density at radius 1 is 1.19 bits per heavy atom. The lowest BCUT2D eigenvalue weighted by molar-refractivity contribution is -0.155. The van der Waals surface area contributed by atoms with Crippen molar-refractivity contribution in [3.8, 4) is 0 Å². The normalized spacial score (nSPS) is 19.6. The van der Waals surface area contributed by atoms with Gasteiger partial charge in [-0.1, -0.05) is 29.3 Å². The van der Waals surface area contributed by atoms with Gasteiger partial charge in [0.1, 0.15) is 5.54 Å². The highest BCUT2D eigenvalue weighted by Gasteiger charge is 2.42. The minimum Gasteiger partial charge on any atom is -0.467 e. The maximum Gasteiger partial charge on any atom is 0.330 e. The van der Waals surface area contributed by atoms with Crippen LogP contribution < -0.4 is 5.32 Å². The number of nitrogens with one attached hydrogen (secondary N) is 1. The molecular formula is C17H26N2O2. The SMILES string of the molecule is COC(=O)C(C)(c1cc(C)cc(C)c1)N1CCCNCC1. The van der Waals surface area contributed by atoms with Gasteiger partial charge in [0, 0.05) is 19.6 Å². The molecule has 0 saturated carbocycles. The third kappa shape index (κ3) is 3.27. The van der Waals surface area contributed by atoms with Crippen molar-refractivity contribution < 1.29 is 9.53 Å². The number of hydrogen-bond acceptors (Lipinski definition) is 4. The predicted molar refractivity (Wildman–Crippen MR) is 84.3 cm³/mol. The van der Waals surface area contributed by atoms with Crippen LogP contribution in [0.1, 0.15) is 30.0 Å². The molecule has 1 aliphatic rings. The van der Waals surface area contributed by atoms with Crippen LogP contribution in [0.5, 0.6) is 0 Å². The van der Waals surface area contributed by atoms with Gasteiger partial charge in [0.15, 0.2) is 0 Å². The van der Waals surface area contributed by atoms with E-state index < -0.39 is 5.54 Å². The van der Waals surface area contributed by atoms with E-state index in [1.54, 1.807) is 0 Å². The van der Waals surface area contributed by atoms with Crippen molar-refractivity contribution in [2.45, 2.75) is 32.7 Å². The van der Waals surface area contributed by atoms with Crippen molar-refractivity contribution in [2.24, 2.45) is 0 Å². The number of nitrogens with zero attached hydrogens (tertiary/aromatic N) is 1. The number of carbonyl (C=O) groups excluding carboxylic acids is 1. The van der Waals surface area contributed by atoms with Gasteiger partial charge < -0.3 is 10.1 Å². The highest BCUT2D eigenvalue weighted by Crippen LogP contribution is 2.31. The number of ether oxygens (including phenoxy) is 1. The van der Waals surface area contributed by atoms with Gasteiger partial charge in [0.2, 0.25) is 0 Å². The summed E-state index contributed by atoms with van der Waals surface area (Å²) in [7, 11) is 1.47. The van der Waals surface area contributed by atoms with E-state index in [1.165, 1.54) is 18.2 Å². The second-order valence-electron chi connectivity index (χ2n) is 6.03. The van der Waals surface area contributed by atoms with Gasteiger partial charge in [-0.2, -0.15) is 0 Å². The van der Waals surface area contributed by atoms with Crippen molar-refractivity contribution in [2.75, 3.05) is 33.3 Å². The van der Waals surface area contributed by atoms with Gasteiger partial charge >= 0.3 is 5.97 Å². The minimum atomic E-state index is -0.725. The molecule has 0 aromatic heterocycles. The van der Waals surface area contributed by atoms with Crippen LogP contribution in [-0.2, 0) is 15.1 Å². The van der Waals surface area contributed by atoms with E-state index in [1.807, 2.05) is 6.92 Å². The Balaban J connectivity index is 2.47. The van der Waals surface area contributed by atoms with Crippen LogP contribution in [0.15, 0.2) is 18.2 Å². The van der Waals surface area contributed by atoms with E-state index in [0.717, 1.165) is 38.2 Å². The van der Waals surface area contributed by atoms with E-state index in [9.17, 15) is 4.79 Å². The summed E-state index contributed by atoms with van der Waals surface area (Å²) in [6.45, 7) is 9.76. The molecular weight excluding hydrogens is 264 g/mol. The largest absolute Gasteiger partial charge is 0.467 e. The first-order chi connectivity index (χ1) is 9.98. The number of aryl methyl sites for hydroxylation is 2. The van der Waals surface area contributed by atoms with Gasteiger partial charge in [-0.05, 0) is 39.3 Å². The monoisotopic (exact) mass is 290 g/mol. The van der Waals surface area contributed by atoms with E-state index in [2.05, 4.69) is 42.3 Å². The summed E-state index contributed by atoms with van der Waals surface area (Å²) < 4.78 is 5.14. The molecule has 0 amide bonds. The quantitative estimate of drug-likeness (QED) is 0.865. The van der Waals surface area contributed by atoms with E-state index in [-0.39, 0.29) is 5.97 Å². The van der Waals surface area contributed by atoms with Crippen LogP contribution >= 0.6 is 0 Å². The average molecular weight is 290 g/mol. The fourth-order valence-electron chi connectivity index (χ4n) is 3.18. The smallest absolute Gasteiger partial charge is 0.330 e. The molecule has 4 nitrogen and oxygen atoms in total. The molecule has 1 aliphatic heterocycles. The Kier molecular flexibility index (Phi) is 5.01. The summed E-state index contributed by atoms with van der Waals surface area (Å²) in [5, 5.41) is 3.39. The van der Waals surface area contributed by atoms with E-state index in [0.29, 0.717) is 0 Å². The van der Waals surface area contributed by atoms with Crippen molar-refractivity contribution >= 4 is 5.97 Å². The third-order valence-corrected chi connectivity index (χ3v) is 4.34. The Bertz CT molecular complexity index is 487. The fourth-order valence-corrected chi connectivity index (χ4v) is 3.18. The van der Waals surface area contributed by atoms with Crippen molar-refractivity contribution in [3.63, 3.8) is 0 Å². The van der Waals surface area contributed by atoms with E-state index >= 15 is 0 Å². The fraction of sp³-hybridized carbons (Fsp3) is 0.588. The molecule has 1 atom stereocenters. The molecule has 21 heavy (non-hydrogen) atoms. The van der Waals surface area contributed by atoms with Crippen molar-refractivity contribution in [3.05, 3.63) is 34.9 Å². The second-order valence-corrected chi connectivity index (χ2v) is 6.03. The summed E-state index contributed by atoms with van der Waals surface area (Å²) in [5.41, 5.74) is 2.65. The molecule has 0 spiro atoms. The molecule has 0 bridgehead atoms. The third-order valence-electron chi connectivity index (χ3n) is 4.34. The predicted octanol–water partition coefficient (Wildman–Crippen LogP) is 1.99. The molecule has 1 unspecified atom stereocenters. The Labute approximate surface area is 127 Å². The lowest BCUT2D eigenvalue weighted by Crippen LogP contribution is -2.51. The molecule has 1 aromatic carbocycles. The average Bonchev–Trinajstić information content (AvgIpc) is 2.73. The standard InChI is InChI=1S/C17H26N2O2/c1-13-10-14(2)12-15(11-13)17(3,16(20)21-4)19-8-5-6-18-7-9-19/h10-12,18H,5-9H2,1-4H3. The maximum atomic E-state index is 12.6. The highest BCUT2D eigenvalue weighted by atomic mass is 16.5. The molecule has 2 rings (SSSR count). The number of carbonyl (C=O) groups is 1. The summed E-state index contributed by atoms with van der Waals surface area (Å²) in [5.74, 6) is -0.186. The number of methoxy groups -OCH3 is 1. The van der Waals surface area contributed by atoms with Gasteiger partial charge in [0.25, 0.3) is 0 Å². The highest BCUT2D eigenvalue weighted by molar-refractivity contribution is 5.82. The molecule has 1 N–H and O–H groups in total. The van der Waals surface area contributed by atoms with Gasteiger partial charge in [-0.15, -0.1) is 0 Å². The first-order valence-electron chi connectivity index (χ1n) is 7.61. The molecule has 1 aromatic rings. The zero-order valence-electron chi connectivity index (χ0n) is 13.5. The van der Waals surface area contributed by atoms with Crippen LogP contribution in [-0.4, -0.2) is 44.2 Å². The number of hydrogen-bond donors (Lipinski definition) is 1. The molecule has 0 radical (unpaired) electrons. The topological polar surface area (TPSA) is 41.6 Å². The summed E-state index contributed by atoms with van der Waals surface area (Å²) in [6, 6.07) is 6.33. The summed E-state index contributed by atoms with van der Waals surface area (Å²) in [6.07, 6.45) is 1.04. The minimum absolute atomic E-state index is 0.186. The first-order valence-corrected chi connectivity index (χ1v) is 7.61. The molecule has 1 heterocycles. The first kappa shape index (κ1) is 16.0. The van der Waals surface area contributed by atoms with Gasteiger partial charge in [-0.25, -0.2) is 4.79 Å². The van der Waals surface area contributed by atoms with Gasteiger partial charge in [0.05, 0.1) is 7.11 Å². The van der Waals surface area contributed by atoms with Crippen LogP contribution in [0.2, 0.25) is 0 Å². The van der Waals surface area contributed by atoms with Crippen LogP contribution in [0.4, 0.5) is 0 Å². The number of benzene rings is 1. The lowest BCUT2D eigenvalue weighted by Gasteiger charge is -2.39. The molecule has 4 heteroatoms. The van der Waals surface area contributed by atoms with Crippen LogP contribution in [0, 0.1) is 13.8 Å². The molecule has 1 fully saturated rings. The number of esters is 1. The summed E-state index contributed by atoms with van der Waals surface area (Å²) in [4.78, 5) is 14.8.